The second-order valence-corrected chi connectivity index (χ2v) is 2.97. The SMILES string of the molecule is COC(=O)C#Cc1cccc(Cl)c1C=O. The van der Waals surface area contributed by atoms with Crippen LogP contribution in [0.5, 0.6) is 0 Å². The average molecular weight is 223 g/mol. The van der Waals surface area contributed by atoms with Gasteiger partial charge in [-0.05, 0) is 12.1 Å². The summed E-state index contributed by atoms with van der Waals surface area (Å²) in [7, 11) is 1.23. The lowest BCUT2D eigenvalue weighted by molar-refractivity contribution is -0.133. The summed E-state index contributed by atoms with van der Waals surface area (Å²) in [6.07, 6.45) is 0.601. The Balaban J connectivity index is 3.13. The molecule has 3 nitrogen and oxygen atoms in total. The van der Waals surface area contributed by atoms with Gasteiger partial charge in [-0.1, -0.05) is 23.6 Å². The molecule has 0 heterocycles. The molecule has 4 heteroatoms. The van der Waals surface area contributed by atoms with Gasteiger partial charge in [-0.15, -0.1) is 0 Å². The number of carbonyl (C=O) groups is 2. The highest BCUT2D eigenvalue weighted by Crippen LogP contribution is 2.16. The maximum absolute atomic E-state index is 10.8. The van der Waals surface area contributed by atoms with Crippen LogP contribution in [0.25, 0.3) is 0 Å². The van der Waals surface area contributed by atoms with E-state index >= 15 is 0 Å². The molecule has 0 spiro atoms. The molecule has 15 heavy (non-hydrogen) atoms. The Morgan fingerprint density at radius 1 is 1.53 bits per heavy atom. The first-order valence-corrected chi connectivity index (χ1v) is 4.40. The number of benzene rings is 1. The van der Waals surface area contributed by atoms with E-state index in [9.17, 15) is 9.59 Å². The minimum Gasteiger partial charge on any atom is -0.459 e. The van der Waals surface area contributed by atoms with E-state index in [0.717, 1.165) is 0 Å². The molecule has 0 saturated carbocycles. The van der Waals surface area contributed by atoms with Gasteiger partial charge in [0.15, 0.2) is 6.29 Å². The fourth-order valence-electron chi connectivity index (χ4n) is 0.935. The van der Waals surface area contributed by atoms with Crippen molar-refractivity contribution in [1.82, 2.24) is 0 Å². The molecule has 0 aliphatic carbocycles. The first-order chi connectivity index (χ1) is 7.19. The first-order valence-electron chi connectivity index (χ1n) is 4.02. The fraction of sp³-hybridized carbons (Fsp3) is 0.0909. The highest BCUT2D eigenvalue weighted by atomic mass is 35.5. The topological polar surface area (TPSA) is 43.4 Å². The standard InChI is InChI=1S/C11H7ClO3/c1-15-11(14)6-5-8-3-2-4-10(12)9(8)7-13/h2-4,7H,1H3. The molecule has 0 bridgehead atoms. The third-order valence-corrected chi connectivity index (χ3v) is 1.98. The average Bonchev–Trinajstić information content (AvgIpc) is 2.25. The molecule has 0 amide bonds. The Kier molecular flexibility index (Phi) is 3.90. The van der Waals surface area contributed by atoms with Crippen LogP contribution >= 0.6 is 11.6 Å². The predicted octanol–water partition coefficient (Wildman–Crippen LogP) is 1.68. The zero-order valence-electron chi connectivity index (χ0n) is 7.91. The molecule has 0 fully saturated rings. The van der Waals surface area contributed by atoms with Gasteiger partial charge in [-0.3, -0.25) is 4.79 Å². The molecule has 0 aliphatic heterocycles. The molecule has 0 N–H and O–H groups in total. The molecule has 0 atom stereocenters. The highest BCUT2D eigenvalue weighted by Gasteiger charge is 2.03. The van der Waals surface area contributed by atoms with Crippen LogP contribution in [0.1, 0.15) is 15.9 Å². The van der Waals surface area contributed by atoms with Crippen LogP contribution in [0.3, 0.4) is 0 Å². The third-order valence-electron chi connectivity index (χ3n) is 1.66. The van der Waals surface area contributed by atoms with Crippen molar-refractivity contribution in [3.05, 3.63) is 34.3 Å². The van der Waals surface area contributed by atoms with Crippen molar-refractivity contribution in [1.29, 1.82) is 0 Å². The van der Waals surface area contributed by atoms with Gasteiger partial charge in [0.05, 0.1) is 12.1 Å². The molecule has 0 aromatic heterocycles. The monoisotopic (exact) mass is 222 g/mol. The van der Waals surface area contributed by atoms with Gasteiger partial charge in [-0.25, -0.2) is 4.79 Å². The number of ether oxygens (including phenoxy) is 1. The summed E-state index contributed by atoms with van der Waals surface area (Å²) >= 11 is 5.76. The molecule has 0 radical (unpaired) electrons. The van der Waals surface area contributed by atoms with Crippen LogP contribution in [0, 0.1) is 11.8 Å². The quantitative estimate of drug-likeness (QED) is 0.413. The maximum atomic E-state index is 10.8. The lowest BCUT2D eigenvalue weighted by Crippen LogP contribution is -1.95. The van der Waals surface area contributed by atoms with E-state index in [1.807, 2.05) is 0 Å². The van der Waals surface area contributed by atoms with Crippen molar-refractivity contribution in [3.8, 4) is 11.8 Å². The van der Waals surface area contributed by atoms with Gasteiger partial charge in [-0.2, -0.15) is 0 Å². The number of carbonyl (C=O) groups excluding carboxylic acids is 2. The minimum atomic E-state index is -0.660. The van der Waals surface area contributed by atoms with Crippen LogP contribution in [0.4, 0.5) is 0 Å². The third kappa shape index (κ3) is 2.83. The number of esters is 1. The lowest BCUT2D eigenvalue weighted by atomic mass is 10.1. The number of aldehydes is 1. The van der Waals surface area contributed by atoms with E-state index in [1.165, 1.54) is 7.11 Å². The molecule has 0 saturated heterocycles. The van der Waals surface area contributed by atoms with Crippen LogP contribution < -0.4 is 0 Å². The van der Waals surface area contributed by atoms with Gasteiger partial charge < -0.3 is 4.74 Å². The Hall–Kier alpha value is -1.79. The number of methoxy groups -OCH3 is 1. The second kappa shape index (κ2) is 5.18. The van der Waals surface area contributed by atoms with E-state index in [2.05, 4.69) is 16.6 Å². The second-order valence-electron chi connectivity index (χ2n) is 2.56. The molecule has 1 aromatic rings. The molecule has 1 rings (SSSR count). The van der Waals surface area contributed by atoms with Gasteiger partial charge in [0.1, 0.15) is 0 Å². The van der Waals surface area contributed by atoms with Crippen LogP contribution in [-0.2, 0) is 9.53 Å². The summed E-state index contributed by atoms with van der Waals surface area (Å²) in [4.78, 5) is 21.4. The zero-order valence-corrected chi connectivity index (χ0v) is 8.67. The van der Waals surface area contributed by atoms with Crippen LogP contribution in [0.2, 0.25) is 5.02 Å². The normalized spacial score (nSPS) is 8.67. The minimum absolute atomic E-state index is 0.274. The molecule has 0 aliphatic rings. The van der Waals surface area contributed by atoms with Crippen LogP contribution in [0.15, 0.2) is 18.2 Å². The Morgan fingerprint density at radius 2 is 2.27 bits per heavy atom. The van der Waals surface area contributed by atoms with Crippen molar-refractivity contribution < 1.29 is 14.3 Å². The molecular formula is C11H7ClO3. The predicted molar refractivity (Wildman–Crippen MR) is 55.7 cm³/mol. The lowest BCUT2D eigenvalue weighted by Gasteiger charge is -1.97. The van der Waals surface area contributed by atoms with E-state index < -0.39 is 5.97 Å². The van der Waals surface area contributed by atoms with Gasteiger partial charge in [0.2, 0.25) is 0 Å². The largest absolute Gasteiger partial charge is 0.459 e. The Bertz CT molecular complexity index is 455. The summed E-state index contributed by atoms with van der Waals surface area (Å²) < 4.78 is 4.34. The van der Waals surface area contributed by atoms with Gasteiger partial charge in [0, 0.05) is 17.0 Å². The number of hydrogen-bond donors (Lipinski definition) is 0. The number of hydrogen-bond acceptors (Lipinski definition) is 3. The summed E-state index contributed by atoms with van der Waals surface area (Å²) in [5.41, 5.74) is 0.679. The van der Waals surface area contributed by atoms with E-state index in [4.69, 9.17) is 11.6 Å². The van der Waals surface area contributed by atoms with Crippen molar-refractivity contribution in [2.75, 3.05) is 7.11 Å². The van der Waals surface area contributed by atoms with Crippen molar-refractivity contribution in [2.45, 2.75) is 0 Å². The summed E-state index contributed by atoms with van der Waals surface area (Å²) in [5.74, 6) is 4.08. The molecular weight excluding hydrogens is 216 g/mol. The summed E-state index contributed by atoms with van der Waals surface area (Å²) in [6, 6.07) is 4.83. The van der Waals surface area contributed by atoms with Crippen molar-refractivity contribution in [3.63, 3.8) is 0 Å². The van der Waals surface area contributed by atoms with E-state index in [0.29, 0.717) is 16.9 Å². The summed E-state index contributed by atoms with van der Waals surface area (Å²) in [6.45, 7) is 0. The highest BCUT2D eigenvalue weighted by molar-refractivity contribution is 6.33. The molecule has 76 valence electrons. The van der Waals surface area contributed by atoms with Crippen molar-refractivity contribution >= 4 is 23.9 Å². The fourth-order valence-corrected chi connectivity index (χ4v) is 1.15. The molecule has 1 aromatic carbocycles. The van der Waals surface area contributed by atoms with Crippen molar-refractivity contribution in [2.24, 2.45) is 0 Å². The summed E-state index contributed by atoms with van der Waals surface area (Å²) in [5, 5.41) is 0.307. The first kappa shape index (κ1) is 11.3. The van der Waals surface area contributed by atoms with Gasteiger partial charge in [0.25, 0.3) is 0 Å². The number of rotatable bonds is 1. The van der Waals surface area contributed by atoms with E-state index in [-0.39, 0.29) is 5.56 Å². The Morgan fingerprint density at radius 3 is 2.87 bits per heavy atom. The maximum Gasteiger partial charge on any atom is 0.384 e. The number of halogens is 1. The van der Waals surface area contributed by atoms with Crippen LogP contribution in [-0.4, -0.2) is 19.4 Å². The zero-order chi connectivity index (χ0) is 11.3. The van der Waals surface area contributed by atoms with Gasteiger partial charge >= 0.3 is 5.97 Å². The van der Waals surface area contributed by atoms with E-state index in [1.54, 1.807) is 18.2 Å². The Labute approximate surface area is 92.0 Å². The smallest absolute Gasteiger partial charge is 0.384 e. The molecule has 0 unspecified atom stereocenters.